The highest BCUT2D eigenvalue weighted by Crippen LogP contribution is 2.29. The lowest BCUT2D eigenvalue weighted by atomic mass is 10.1. The van der Waals surface area contributed by atoms with Crippen molar-refractivity contribution in [3.63, 3.8) is 0 Å². The van der Waals surface area contributed by atoms with Crippen molar-refractivity contribution < 1.29 is 13.2 Å². The summed E-state index contributed by atoms with van der Waals surface area (Å²) in [7, 11) is 0. The van der Waals surface area contributed by atoms with Crippen LogP contribution in [0.2, 0.25) is 0 Å². The van der Waals surface area contributed by atoms with Gasteiger partial charge in [0.2, 0.25) is 0 Å². The normalized spacial score (nSPS) is 11.6. The Morgan fingerprint density at radius 3 is 1.39 bits per heavy atom. The summed E-state index contributed by atoms with van der Waals surface area (Å²) >= 11 is 0. The van der Waals surface area contributed by atoms with Gasteiger partial charge in [0.25, 0.3) is 0 Å². The third kappa shape index (κ3) is 6.36. The summed E-state index contributed by atoms with van der Waals surface area (Å²) in [5, 5.41) is 0. The molecular formula is C29H24F3N. The van der Waals surface area contributed by atoms with Crippen LogP contribution in [0.15, 0.2) is 109 Å². The van der Waals surface area contributed by atoms with E-state index in [1.165, 1.54) is 23.3 Å². The van der Waals surface area contributed by atoms with Crippen LogP contribution in [0.1, 0.15) is 27.8 Å². The molecule has 0 amide bonds. The fourth-order valence-corrected chi connectivity index (χ4v) is 3.62. The maximum absolute atomic E-state index is 12.7. The molecule has 0 heterocycles. The number of alkyl halides is 3. The van der Waals surface area contributed by atoms with Crippen LogP contribution in [0.4, 0.5) is 18.9 Å². The minimum absolute atomic E-state index is 0.638. The van der Waals surface area contributed by atoms with E-state index < -0.39 is 11.7 Å². The molecule has 4 rings (SSSR count). The Hall–Kier alpha value is -3.79. The first-order valence-electron chi connectivity index (χ1n) is 10.8. The first-order chi connectivity index (χ1) is 16.0. The molecule has 0 saturated heterocycles. The zero-order chi connectivity index (χ0) is 23.1. The number of halogens is 3. The summed E-state index contributed by atoms with van der Waals surface area (Å²) in [6.45, 7) is 1.58. The van der Waals surface area contributed by atoms with Gasteiger partial charge in [0.15, 0.2) is 0 Å². The van der Waals surface area contributed by atoms with E-state index in [0.29, 0.717) is 0 Å². The maximum Gasteiger partial charge on any atom is 0.416 e. The number of hydrogen-bond acceptors (Lipinski definition) is 1. The van der Waals surface area contributed by atoms with Gasteiger partial charge in [-0.3, -0.25) is 0 Å². The Bertz CT molecular complexity index is 1120. The lowest BCUT2D eigenvalue weighted by Crippen LogP contribution is -2.22. The van der Waals surface area contributed by atoms with Crippen LogP contribution >= 0.6 is 0 Å². The van der Waals surface area contributed by atoms with E-state index in [2.05, 4.69) is 41.3 Å². The molecule has 0 aliphatic carbocycles. The van der Waals surface area contributed by atoms with Gasteiger partial charge in [-0.1, -0.05) is 97.1 Å². The molecule has 0 atom stereocenters. The Morgan fingerprint density at radius 1 is 0.545 bits per heavy atom. The molecule has 33 heavy (non-hydrogen) atoms. The summed E-state index contributed by atoms with van der Waals surface area (Å²) < 4.78 is 38.2. The third-order valence-corrected chi connectivity index (χ3v) is 5.40. The van der Waals surface area contributed by atoms with Crippen molar-refractivity contribution in [3.05, 3.63) is 137 Å². The number of benzene rings is 4. The Balaban J connectivity index is 1.50. The van der Waals surface area contributed by atoms with Crippen LogP contribution in [-0.2, 0) is 19.3 Å². The molecule has 4 aromatic carbocycles. The zero-order valence-electron chi connectivity index (χ0n) is 18.0. The molecule has 0 saturated carbocycles. The molecule has 0 fully saturated rings. The molecule has 4 heteroatoms. The van der Waals surface area contributed by atoms with E-state index in [0.717, 1.165) is 42.0 Å². The van der Waals surface area contributed by atoms with Gasteiger partial charge >= 0.3 is 6.18 Å². The molecule has 0 N–H and O–H groups in total. The first-order valence-corrected chi connectivity index (χ1v) is 10.8. The predicted molar refractivity (Wildman–Crippen MR) is 130 cm³/mol. The van der Waals surface area contributed by atoms with Crippen LogP contribution in [0.5, 0.6) is 0 Å². The van der Waals surface area contributed by atoms with Crippen molar-refractivity contribution in [2.45, 2.75) is 19.3 Å². The molecule has 166 valence electrons. The third-order valence-electron chi connectivity index (χ3n) is 5.40. The minimum Gasteiger partial charge on any atom is -0.363 e. The highest BCUT2D eigenvalue weighted by atomic mass is 19.4. The molecule has 0 bridgehead atoms. The van der Waals surface area contributed by atoms with Gasteiger partial charge < -0.3 is 4.90 Å². The van der Waals surface area contributed by atoms with Crippen LogP contribution in [-0.4, -0.2) is 0 Å². The zero-order valence-corrected chi connectivity index (χ0v) is 18.0. The quantitative estimate of drug-likeness (QED) is 0.261. The number of hydrogen-bond donors (Lipinski definition) is 0. The van der Waals surface area contributed by atoms with Crippen molar-refractivity contribution in [2.24, 2.45) is 0 Å². The lowest BCUT2D eigenvalue weighted by molar-refractivity contribution is -0.137. The van der Waals surface area contributed by atoms with E-state index in [9.17, 15) is 13.2 Å². The molecule has 0 spiro atoms. The van der Waals surface area contributed by atoms with Crippen LogP contribution in [0.25, 0.3) is 12.2 Å². The molecule has 0 aliphatic rings. The monoisotopic (exact) mass is 443 g/mol. The molecule has 0 radical (unpaired) electrons. The lowest BCUT2D eigenvalue weighted by Gasteiger charge is -2.25. The summed E-state index contributed by atoms with van der Waals surface area (Å²) in [5.41, 5.74) is 4.65. The van der Waals surface area contributed by atoms with E-state index in [4.69, 9.17) is 0 Å². The fourth-order valence-electron chi connectivity index (χ4n) is 3.62. The molecular weight excluding hydrogens is 419 g/mol. The summed E-state index contributed by atoms with van der Waals surface area (Å²) in [6, 6.07) is 34.1. The average molecular weight is 444 g/mol. The largest absolute Gasteiger partial charge is 0.416 e. The Labute approximate surface area is 192 Å². The number of anilines is 1. The second-order valence-corrected chi connectivity index (χ2v) is 7.87. The van der Waals surface area contributed by atoms with E-state index in [1.807, 2.05) is 60.7 Å². The highest BCUT2D eigenvalue weighted by Gasteiger charge is 2.29. The second kappa shape index (κ2) is 10.2. The van der Waals surface area contributed by atoms with Gasteiger partial charge in [0.1, 0.15) is 0 Å². The van der Waals surface area contributed by atoms with Crippen LogP contribution in [0.3, 0.4) is 0 Å². The van der Waals surface area contributed by atoms with Crippen molar-refractivity contribution in [3.8, 4) is 0 Å². The predicted octanol–water partition coefficient (Wildman–Crippen LogP) is 8.08. The Kier molecular flexibility index (Phi) is 6.94. The van der Waals surface area contributed by atoms with Crippen molar-refractivity contribution in [1.29, 1.82) is 0 Å². The van der Waals surface area contributed by atoms with Gasteiger partial charge in [-0.25, -0.2) is 0 Å². The van der Waals surface area contributed by atoms with Gasteiger partial charge in [-0.2, -0.15) is 13.2 Å². The summed E-state index contributed by atoms with van der Waals surface area (Å²) in [5.74, 6) is 0. The molecule has 0 aromatic heterocycles. The maximum atomic E-state index is 12.7. The van der Waals surface area contributed by atoms with E-state index >= 15 is 0 Å². The number of nitrogens with zero attached hydrogens (tertiary/aromatic N) is 1. The molecule has 4 aromatic rings. The summed E-state index contributed by atoms with van der Waals surface area (Å²) in [6.07, 6.45) is -0.588. The molecule has 0 aliphatic heterocycles. The van der Waals surface area contributed by atoms with Crippen molar-refractivity contribution in [1.82, 2.24) is 0 Å². The van der Waals surface area contributed by atoms with Gasteiger partial charge in [-0.05, 0) is 46.5 Å². The van der Waals surface area contributed by atoms with Crippen molar-refractivity contribution in [2.75, 3.05) is 4.90 Å². The standard InChI is InChI=1S/C29H24F3N/c30-29(31,32)27-17-13-23(14-18-27)11-12-24-15-19-28(20-16-24)33(21-25-7-3-1-4-8-25)22-26-9-5-2-6-10-26/h1-20H,21-22H2. The highest BCUT2D eigenvalue weighted by molar-refractivity contribution is 5.70. The second-order valence-electron chi connectivity index (χ2n) is 7.87. The van der Waals surface area contributed by atoms with Gasteiger partial charge in [0, 0.05) is 18.8 Å². The van der Waals surface area contributed by atoms with E-state index in [-0.39, 0.29) is 0 Å². The smallest absolute Gasteiger partial charge is 0.363 e. The van der Waals surface area contributed by atoms with Crippen molar-refractivity contribution >= 4 is 17.8 Å². The first kappa shape index (κ1) is 22.4. The SMILES string of the molecule is FC(F)(F)c1ccc(C=Cc2ccc(N(Cc3ccccc3)Cc3ccccc3)cc2)cc1. The van der Waals surface area contributed by atoms with Crippen LogP contribution in [0, 0.1) is 0 Å². The average Bonchev–Trinajstić information content (AvgIpc) is 2.84. The van der Waals surface area contributed by atoms with Gasteiger partial charge in [-0.15, -0.1) is 0 Å². The molecule has 1 nitrogen and oxygen atoms in total. The number of rotatable bonds is 7. The fraction of sp³-hybridized carbons (Fsp3) is 0.103. The summed E-state index contributed by atoms with van der Waals surface area (Å²) in [4.78, 5) is 2.33. The Morgan fingerprint density at radius 2 is 0.970 bits per heavy atom. The topological polar surface area (TPSA) is 3.24 Å². The van der Waals surface area contributed by atoms with E-state index in [1.54, 1.807) is 0 Å². The van der Waals surface area contributed by atoms with Gasteiger partial charge in [0.05, 0.1) is 5.56 Å². The van der Waals surface area contributed by atoms with Crippen LogP contribution < -0.4 is 4.90 Å². The minimum atomic E-state index is -4.32. The molecule has 0 unspecified atom stereocenters.